The number of anilines is 1. The monoisotopic (exact) mass is 682 g/mol. The van der Waals surface area contributed by atoms with Gasteiger partial charge in [-0.15, -0.1) is 0 Å². The molecule has 0 fully saturated rings. The number of rotatable bonds is 11. The van der Waals surface area contributed by atoms with Gasteiger partial charge in [0.2, 0.25) is 5.57 Å². The number of halogens is 1. The quantitative estimate of drug-likeness (QED) is 0.199. The summed E-state index contributed by atoms with van der Waals surface area (Å²) >= 11 is 0. The molecule has 0 bridgehead atoms. The zero-order chi connectivity index (χ0) is 35.8. The van der Waals surface area contributed by atoms with Crippen LogP contribution in [0, 0.1) is 6.92 Å². The predicted molar refractivity (Wildman–Crippen MR) is 182 cm³/mol. The summed E-state index contributed by atoms with van der Waals surface area (Å²) < 4.78 is 53.3. The molecular weight excluding hydrogens is 638 g/mol. The topological polar surface area (TPSA) is 120 Å². The highest BCUT2D eigenvalue weighted by atomic mass is 31.2. The Morgan fingerprint density at radius 1 is 0.729 bits per heavy atom. The average molecular weight is 683 g/mol. The molecule has 0 aromatic heterocycles. The van der Waals surface area contributed by atoms with Crippen molar-refractivity contribution in [2.75, 3.05) is 5.32 Å². The minimum absolute atomic E-state index is 0.280. The molecule has 1 unspecified atom stereocenters. The van der Waals surface area contributed by atoms with Gasteiger partial charge in [-0.2, -0.15) is 9.29 Å². The molecule has 0 saturated carbocycles. The molecule has 0 aliphatic rings. The van der Waals surface area contributed by atoms with Gasteiger partial charge in [-0.3, -0.25) is 18.4 Å². The van der Waals surface area contributed by atoms with Crippen LogP contribution < -0.4 is 5.32 Å². The Morgan fingerprint density at radius 3 is 1.54 bits per heavy atom. The van der Waals surface area contributed by atoms with E-state index in [1.54, 1.807) is 126 Å². The van der Waals surface area contributed by atoms with Crippen LogP contribution in [0.1, 0.15) is 65.2 Å². The van der Waals surface area contributed by atoms with Crippen molar-refractivity contribution in [2.45, 2.75) is 85.3 Å². The smallest absolute Gasteiger partial charge is 0.421 e. The number of nitrogens with zero attached hydrogens (tertiary/aromatic N) is 1. The first-order valence-corrected chi connectivity index (χ1v) is 16.9. The second-order valence-electron chi connectivity index (χ2n) is 13.2. The Bertz CT molecular complexity index is 1560. The maximum atomic E-state index is 16.7. The summed E-state index contributed by atoms with van der Waals surface area (Å²) in [6, 6.07) is 23.9. The van der Waals surface area contributed by atoms with E-state index in [0.717, 1.165) is 12.5 Å². The summed E-state index contributed by atoms with van der Waals surface area (Å²) in [5.74, 6) is -1.05. The van der Waals surface area contributed by atoms with Gasteiger partial charge >= 0.3 is 19.8 Å². The molecule has 12 heteroatoms. The third kappa shape index (κ3) is 11.1. The molecule has 0 saturated heterocycles. The molecule has 0 heterocycles. The third-order valence-corrected chi connectivity index (χ3v) is 8.13. The molecule has 10 nitrogen and oxygen atoms in total. The maximum Gasteiger partial charge on any atom is 0.421 e. The summed E-state index contributed by atoms with van der Waals surface area (Å²) in [4.78, 5) is 42.0. The standard InChI is InChI=1S/C36H44FN2O8P/c1-26-19-21-29(22-20-26)38-31(40)36(8,39(32(41)46-34(2,3)4)33(42)47-35(5,6)7)23-30(37)48(43,44-24-27-15-11-9-12-16-27)45-25-28-17-13-10-14-18-28/h9-23H,24-25H2,1-8H3,(H,38,40)/b30-23+. The van der Waals surface area contributed by atoms with E-state index in [0.29, 0.717) is 22.1 Å². The SMILES string of the molecule is Cc1ccc(NC(=O)C(C)(/C=C(\F)P(=O)(OCc2ccccc2)OCc2ccccc2)N(C(=O)OC(C)(C)C)C(=O)OC(C)(C)C)cc1. The molecule has 3 rings (SSSR count). The average Bonchev–Trinajstić information content (AvgIpc) is 2.99. The van der Waals surface area contributed by atoms with E-state index in [1.807, 2.05) is 6.92 Å². The van der Waals surface area contributed by atoms with Crippen LogP contribution in [0.4, 0.5) is 19.7 Å². The van der Waals surface area contributed by atoms with Crippen molar-refractivity contribution in [2.24, 2.45) is 0 Å². The number of amides is 3. The summed E-state index contributed by atoms with van der Waals surface area (Å²) in [6.45, 7) is 11.7. The molecular formula is C36H44FN2O8P. The molecule has 0 spiro atoms. The lowest BCUT2D eigenvalue weighted by Crippen LogP contribution is -2.60. The van der Waals surface area contributed by atoms with Crippen LogP contribution in [-0.4, -0.2) is 39.7 Å². The Balaban J connectivity index is 2.19. The summed E-state index contributed by atoms with van der Waals surface area (Å²) in [5.41, 5.74) is -4.02. The van der Waals surface area contributed by atoms with Gasteiger partial charge in [0.15, 0.2) is 5.54 Å². The second kappa shape index (κ2) is 15.7. The summed E-state index contributed by atoms with van der Waals surface area (Å²) in [6.07, 6.45) is -2.05. The predicted octanol–water partition coefficient (Wildman–Crippen LogP) is 9.30. The molecule has 3 aromatic carbocycles. The van der Waals surface area contributed by atoms with Crippen LogP contribution in [0.2, 0.25) is 0 Å². The van der Waals surface area contributed by atoms with Gasteiger partial charge in [0, 0.05) is 5.69 Å². The van der Waals surface area contributed by atoms with Gasteiger partial charge < -0.3 is 14.8 Å². The minimum Gasteiger partial charge on any atom is -0.443 e. The van der Waals surface area contributed by atoms with Gasteiger partial charge in [0.1, 0.15) is 11.2 Å². The van der Waals surface area contributed by atoms with Crippen LogP contribution in [-0.2, 0) is 41.1 Å². The number of nitrogens with one attached hydrogen (secondary N) is 1. The van der Waals surface area contributed by atoms with Crippen molar-refractivity contribution >= 4 is 31.4 Å². The highest BCUT2D eigenvalue weighted by Crippen LogP contribution is 2.58. The molecule has 3 aromatic rings. The first kappa shape index (κ1) is 38.1. The van der Waals surface area contributed by atoms with E-state index in [9.17, 15) is 18.9 Å². The van der Waals surface area contributed by atoms with E-state index in [1.165, 1.54) is 0 Å². The first-order valence-electron chi connectivity index (χ1n) is 15.3. The summed E-state index contributed by atoms with van der Waals surface area (Å²) in [7, 11) is -4.87. The largest absolute Gasteiger partial charge is 0.443 e. The van der Waals surface area contributed by atoms with Crippen LogP contribution in [0.15, 0.2) is 96.6 Å². The minimum atomic E-state index is -4.87. The van der Waals surface area contributed by atoms with Crippen molar-refractivity contribution in [1.29, 1.82) is 0 Å². The molecule has 0 radical (unpaired) electrons. The Hall–Kier alpha value is -4.31. The maximum absolute atomic E-state index is 16.7. The van der Waals surface area contributed by atoms with E-state index in [2.05, 4.69) is 5.32 Å². The fourth-order valence-corrected chi connectivity index (χ4v) is 5.50. The first-order chi connectivity index (χ1) is 22.3. The van der Waals surface area contributed by atoms with Gasteiger partial charge in [-0.1, -0.05) is 78.4 Å². The lowest BCUT2D eigenvalue weighted by Gasteiger charge is -2.38. The van der Waals surface area contributed by atoms with E-state index in [-0.39, 0.29) is 18.9 Å². The number of ether oxygens (including phenoxy) is 2. The lowest BCUT2D eigenvalue weighted by atomic mass is 9.98. The van der Waals surface area contributed by atoms with Crippen molar-refractivity contribution in [3.05, 3.63) is 113 Å². The zero-order valence-corrected chi connectivity index (χ0v) is 29.5. The van der Waals surface area contributed by atoms with Gasteiger partial charge in [0.05, 0.1) is 13.2 Å². The number of hydrogen-bond donors (Lipinski definition) is 1. The van der Waals surface area contributed by atoms with E-state index < -0.39 is 48.0 Å². The van der Waals surface area contributed by atoms with E-state index in [4.69, 9.17) is 18.5 Å². The van der Waals surface area contributed by atoms with Gasteiger partial charge in [-0.25, -0.2) is 9.59 Å². The molecule has 48 heavy (non-hydrogen) atoms. The van der Waals surface area contributed by atoms with Crippen LogP contribution >= 0.6 is 7.60 Å². The fourth-order valence-electron chi connectivity index (χ4n) is 4.13. The number of hydrogen-bond acceptors (Lipinski definition) is 8. The Labute approximate surface area is 281 Å². The molecule has 258 valence electrons. The highest BCUT2D eigenvalue weighted by Gasteiger charge is 2.50. The van der Waals surface area contributed by atoms with Crippen LogP contribution in [0.5, 0.6) is 0 Å². The number of carbonyl (C=O) groups excluding carboxylic acids is 3. The number of benzene rings is 3. The van der Waals surface area contributed by atoms with E-state index >= 15 is 4.39 Å². The number of aryl methyl sites for hydroxylation is 1. The fraction of sp³-hybridized carbons (Fsp3) is 0.361. The van der Waals surface area contributed by atoms with Crippen LogP contribution in [0.25, 0.3) is 0 Å². The van der Waals surface area contributed by atoms with Crippen molar-refractivity contribution < 1.29 is 41.9 Å². The van der Waals surface area contributed by atoms with Crippen LogP contribution in [0.3, 0.4) is 0 Å². The number of imide groups is 1. The normalized spacial score (nSPS) is 13.6. The zero-order valence-electron chi connectivity index (χ0n) is 28.6. The molecule has 0 aliphatic carbocycles. The molecule has 1 N–H and O–H groups in total. The highest BCUT2D eigenvalue weighted by molar-refractivity contribution is 7.58. The van der Waals surface area contributed by atoms with Crippen molar-refractivity contribution in [1.82, 2.24) is 4.90 Å². The third-order valence-electron chi connectivity index (χ3n) is 6.54. The van der Waals surface area contributed by atoms with Crippen molar-refractivity contribution in [3.63, 3.8) is 0 Å². The molecule has 1 atom stereocenters. The second-order valence-corrected chi connectivity index (χ2v) is 15.2. The lowest BCUT2D eigenvalue weighted by molar-refractivity contribution is -0.124. The van der Waals surface area contributed by atoms with Gasteiger partial charge in [0.25, 0.3) is 5.91 Å². The number of carbonyl (C=O) groups is 3. The molecule has 0 aliphatic heterocycles. The molecule has 3 amide bonds. The van der Waals surface area contributed by atoms with Crippen molar-refractivity contribution in [3.8, 4) is 0 Å². The summed E-state index contributed by atoms with van der Waals surface area (Å²) in [5, 5.41) is 2.62. The Morgan fingerprint density at radius 2 is 1.15 bits per heavy atom. The Kier molecular flexibility index (Phi) is 12.5. The van der Waals surface area contributed by atoms with Gasteiger partial charge in [-0.05, 0) is 84.7 Å².